The third-order valence-electron chi connectivity index (χ3n) is 2.93. The predicted octanol–water partition coefficient (Wildman–Crippen LogP) is 4.38. The van der Waals surface area contributed by atoms with Crippen LogP contribution in [0.25, 0.3) is 16.9 Å². The van der Waals surface area contributed by atoms with Crippen LogP contribution in [0.1, 0.15) is 11.1 Å². The molecule has 0 atom stereocenters. The third-order valence-corrected chi connectivity index (χ3v) is 3.40. The van der Waals surface area contributed by atoms with Crippen molar-refractivity contribution >= 4 is 21.6 Å². The lowest BCUT2D eigenvalue weighted by Crippen LogP contribution is -1.82. The van der Waals surface area contributed by atoms with E-state index in [0.29, 0.717) is 0 Å². The Morgan fingerprint density at radius 3 is 2.44 bits per heavy atom. The largest absolute Gasteiger partial charge is 0.305 e. The molecule has 0 amide bonds. The highest BCUT2D eigenvalue weighted by Gasteiger charge is 2.05. The first-order chi connectivity index (χ1) is 8.61. The number of hydrogen-bond donors (Lipinski definition) is 0. The molecule has 0 spiro atoms. The van der Waals surface area contributed by atoms with Gasteiger partial charge in [0.2, 0.25) is 0 Å². The summed E-state index contributed by atoms with van der Waals surface area (Å²) >= 11 is 3.47. The Labute approximate surface area is 114 Å². The number of aromatic nitrogens is 2. The van der Waals surface area contributed by atoms with Crippen molar-refractivity contribution in [3.63, 3.8) is 0 Å². The number of aryl methyl sites for hydroxylation is 2. The molecule has 0 bridgehead atoms. The minimum absolute atomic E-state index is 0.965. The maximum Gasteiger partial charge on any atom is 0.137 e. The first-order valence-electron chi connectivity index (χ1n) is 5.85. The van der Waals surface area contributed by atoms with Crippen molar-refractivity contribution < 1.29 is 0 Å². The van der Waals surface area contributed by atoms with Gasteiger partial charge >= 0.3 is 0 Å². The van der Waals surface area contributed by atoms with E-state index in [0.717, 1.165) is 15.8 Å². The predicted molar refractivity (Wildman–Crippen MR) is 77.8 cm³/mol. The van der Waals surface area contributed by atoms with Crippen molar-refractivity contribution in [3.05, 3.63) is 58.3 Å². The molecule has 0 unspecified atom stereocenters. The van der Waals surface area contributed by atoms with E-state index in [-0.39, 0.29) is 0 Å². The van der Waals surface area contributed by atoms with Crippen molar-refractivity contribution in [2.45, 2.75) is 13.8 Å². The van der Waals surface area contributed by atoms with Crippen molar-refractivity contribution in [1.82, 2.24) is 9.38 Å². The van der Waals surface area contributed by atoms with Gasteiger partial charge in [0, 0.05) is 22.4 Å². The first kappa shape index (κ1) is 11.5. The second-order valence-electron chi connectivity index (χ2n) is 4.62. The van der Waals surface area contributed by atoms with Crippen LogP contribution >= 0.6 is 15.9 Å². The van der Waals surface area contributed by atoms with Crippen LogP contribution in [0.3, 0.4) is 0 Å². The van der Waals surface area contributed by atoms with Gasteiger partial charge in [-0.2, -0.15) is 0 Å². The van der Waals surface area contributed by atoms with Gasteiger partial charge in [0.15, 0.2) is 0 Å². The topological polar surface area (TPSA) is 17.3 Å². The van der Waals surface area contributed by atoms with E-state index in [2.05, 4.69) is 59.2 Å². The quantitative estimate of drug-likeness (QED) is 0.652. The molecular weight excluding hydrogens is 288 g/mol. The summed E-state index contributed by atoms with van der Waals surface area (Å²) in [5.41, 5.74) is 5.69. The zero-order valence-corrected chi connectivity index (χ0v) is 11.9. The van der Waals surface area contributed by atoms with Crippen LogP contribution in [0.4, 0.5) is 0 Å². The van der Waals surface area contributed by atoms with Crippen LogP contribution in [0.15, 0.2) is 47.2 Å². The van der Waals surface area contributed by atoms with Crippen molar-refractivity contribution in [3.8, 4) is 11.3 Å². The monoisotopic (exact) mass is 300 g/mol. The highest BCUT2D eigenvalue weighted by Crippen LogP contribution is 2.23. The molecule has 0 saturated heterocycles. The number of pyridine rings is 1. The number of halogens is 1. The van der Waals surface area contributed by atoms with E-state index in [4.69, 9.17) is 0 Å². The summed E-state index contributed by atoms with van der Waals surface area (Å²) < 4.78 is 3.09. The Balaban J connectivity index is 2.19. The van der Waals surface area contributed by atoms with Gasteiger partial charge in [-0.1, -0.05) is 17.2 Å². The molecule has 2 nitrogen and oxygen atoms in total. The minimum atomic E-state index is 0.965. The fraction of sp³-hybridized carbons (Fsp3) is 0.133. The molecular formula is C15H13BrN2. The smallest absolute Gasteiger partial charge is 0.137 e. The molecule has 0 radical (unpaired) electrons. The van der Waals surface area contributed by atoms with Crippen molar-refractivity contribution in [1.29, 1.82) is 0 Å². The number of fused-ring (bicyclic) bond motifs is 1. The van der Waals surface area contributed by atoms with E-state index in [1.807, 2.05) is 22.7 Å². The summed E-state index contributed by atoms with van der Waals surface area (Å²) in [7, 11) is 0. The molecule has 3 heteroatoms. The fourth-order valence-corrected chi connectivity index (χ4v) is 2.58. The highest BCUT2D eigenvalue weighted by atomic mass is 79.9. The zero-order chi connectivity index (χ0) is 12.7. The number of benzene rings is 1. The van der Waals surface area contributed by atoms with Gasteiger partial charge in [0.05, 0.1) is 5.69 Å². The van der Waals surface area contributed by atoms with E-state index < -0.39 is 0 Å². The molecule has 0 saturated carbocycles. The van der Waals surface area contributed by atoms with Gasteiger partial charge in [-0.15, -0.1) is 0 Å². The molecule has 0 aliphatic heterocycles. The SMILES string of the molecule is Cc1cc(C)cc(-c2cn3cc(Br)ccc3n2)c1. The van der Waals surface area contributed by atoms with Crippen LogP contribution in [0.5, 0.6) is 0 Å². The van der Waals surface area contributed by atoms with Crippen LogP contribution in [0.2, 0.25) is 0 Å². The summed E-state index contributed by atoms with van der Waals surface area (Å²) in [5, 5.41) is 0. The Morgan fingerprint density at radius 1 is 1.00 bits per heavy atom. The normalized spacial score (nSPS) is 11.1. The number of nitrogens with zero attached hydrogens (tertiary/aromatic N) is 2. The maximum atomic E-state index is 4.65. The van der Waals surface area contributed by atoms with Crippen LogP contribution in [-0.2, 0) is 0 Å². The molecule has 3 rings (SSSR count). The summed E-state index contributed by atoms with van der Waals surface area (Å²) in [6.45, 7) is 4.23. The molecule has 0 fully saturated rings. The Morgan fingerprint density at radius 2 is 1.72 bits per heavy atom. The lowest BCUT2D eigenvalue weighted by molar-refractivity contribution is 1.17. The first-order valence-corrected chi connectivity index (χ1v) is 6.64. The highest BCUT2D eigenvalue weighted by molar-refractivity contribution is 9.10. The lowest BCUT2D eigenvalue weighted by Gasteiger charge is -2.01. The van der Waals surface area contributed by atoms with E-state index in [1.165, 1.54) is 16.7 Å². The minimum Gasteiger partial charge on any atom is -0.305 e. The Kier molecular flexibility index (Phi) is 2.71. The number of hydrogen-bond acceptors (Lipinski definition) is 1. The van der Waals surface area contributed by atoms with E-state index in [9.17, 15) is 0 Å². The fourth-order valence-electron chi connectivity index (χ4n) is 2.23. The van der Waals surface area contributed by atoms with Gasteiger partial charge in [-0.3, -0.25) is 0 Å². The molecule has 0 aliphatic carbocycles. The summed E-state index contributed by atoms with van der Waals surface area (Å²) in [6.07, 6.45) is 4.09. The molecule has 0 N–H and O–H groups in total. The second kappa shape index (κ2) is 4.25. The molecule has 18 heavy (non-hydrogen) atoms. The molecule has 1 aromatic carbocycles. The van der Waals surface area contributed by atoms with Gasteiger partial charge in [0.25, 0.3) is 0 Å². The maximum absolute atomic E-state index is 4.65. The number of rotatable bonds is 1. The number of imidazole rings is 1. The molecule has 3 aromatic rings. The van der Waals surface area contributed by atoms with Gasteiger partial charge in [-0.05, 0) is 54.0 Å². The van der Waals surface area contributed by atoms with Crippen molar-refractivity contribution in [2.75, 3.05) is 0 Å². The van der Waals surface area contributed by atoms with Crippen molar-refractivity contribution in [2.24, 2.45) is 0 Å². The average Bonchev–Trinajstić information content (AvgIpc) is 2.70. The molecule has 0 aliphatic rings. The zero-order valence-electron chi connectivity index (χ0n) is 10.3. The van der Waals surface area contributed by atoms with Gasteiger partial charge in [0.1, 0.15) is 5.65 Å². The lowest BCUT2D eigenvalue weighted by atomic mass is 10.1. The molecule has 90 valence electrons. The second-order valence-corrected chi connectivity index (χ2v) is 5.53. The van der Waals surface area contributed by atoms with E-state index >= 15 is 0 Å². The summed E-state index contributed by atoms with van der Waals surface area (Å²) in [4.78, 5) is 4.65. The van der Waals surface area contributed by atoms with Crippen LogP contribution in [-0.4, -0.2) is 9.38 Å². The summed E-state index contributed by atoms with van der Waals surface area (Å²) in [5.74, 6) is 0. The van der Waals surface area contributed by atoms with E-state index in [1.54, 1.807) is 0 Å². The van der Waals surface area contributed by atoms with Crippen LogP contribution in [0, 0.1) is 13.8 Å². The van der Waals surface area contributed by atoms with Gasteiger partial charge < -0.3 is 4.40 Å². The Hall–Kier alpha value is -1.61. The Bertz CT molecular complexity index is 708. The standard InChI is InChI=1S/C15H13BrN2/c1-10-5-11(2)7-12(6-10)14-9-18-8-13(16)3-4-15(18)17-14/h3-9H,1-2H3. The molecule has 2 aromatic heterocycles. The molecule has 2 heterocycles. The summed E-state index contributed by atoms with van der Waals surface area (Å²) in [6, 6.07) is 10.5. The van der Waals surface area contributed by atoms with Gasteiger partial charge in [-0.25, -0.2) is 4.98 Å². The third kappa shape index (κ3) is 2.06. The average molecular weight is 301 g/mol. The van der Waals surface area contributed by atoms with Crippen LogP contribution < -0.4 is 0 Å².